The number of aryl methyl sites for hydroxylation is 2. The average molecular weight is 266 g/mol. The van der Waals surface area contributed by atoms with Crippen molar-refractivity contribution in [2.45, 2.75) is 20.2 Å². The first kappa shape index (κ1) is 13.5. The van der Waals surface area contributed by atoms with Crippen LogP contribution in [-0.2, 0) is 0 Å². The fourth-order valence-electron chi connectivity index (χ4n) is 2.12. The monoisotopic (exact) mass is 266 g/mol. The molecule has 0 radical (unpaired) electrons. The molecule has 0 bridgehead atoms. The minimum Gasteiger partial charge on any atom is -0.406 e. The highest BCUT2D eigenvalue weighted by atomic mass is 19.4. The van der Waals surface area contributed by atoms with Crippen LogP contribution < -0.4 is 4.74 Å². The molecule has 0 aliphatic carbocycles. The maximum Gasteiger partial charge on any atom is 0.573 e. The molecule has 2 aromatic rings. The summed E-state index contributed by atoms with van der Waals surface area (Å²) in [6.07, 6.45) is -4.67. The van der Waals surface area contributed by atoms with Crippen molar-refractivity contribution in [2.24, 2.45) is 0 Å². The van der Waals surface area contributed by atoms with Crippen LogP contribution in [0.2, 0.25) is 0 Å². The SMILES string of the molecule is Cc1cccc(C)c1-c1cccc(OC(F)(F)F)c1. The topological polar surface area (TPSA) is 9.23 Å². The molecule has 0 aliphatic rings. The van der Waals surface area contributed by atoms with Crippen LogP contribution in [0.25, 0.3) is 11.1 Å². The van der Waals surface area contributed by atoms with Gasteiger partial charge in [0.2, 0.25) is 0 Å². The Morgan fingerprint density at radius 2 is 1.47 bits per heavy atom. The van der Waals surface area contributed by atoms with Crippen LogP contribution in [0.5, 0.6) is 5.75 Å². The van der Waals surface area contributed by atoms with Crippen LogP contribution in [0, 0.1) is 13.8 Å². The molecule has 2 aromatic carbocycles. The van der Waals surface area contributed by atoms with Crippen molar-refractivity contribution in [2.75, 3.05) is 0 Å². The van der Waals surface area contributed by atoms with Crippen LogP contribution in [0.4, 0.5) is 13.2 Å². The van der Waals surface area contributed by atoms with Crippen LogP contribution in [0.3, 0.4) is 0 Å². The van der Waals surface area contributed by atoms with Crippen molar-refractivity contribution in [3.8, 4) is 16.9 Å². The summed E-state index contributed by atoms with van der Waals surface area (Å²) >= 11 is 0. The molecule has 0 saturated carbocycles. The van der Waals surface area contributed by atoms with Crippen LogP contribution in [0.1, 0.15) is 11.1 Å². The van der Waals surface area contributed by atoms with Gasteiger partial charge in [0.05, 0.1) is 0 Å². The standard InChI is InChI=1S/C15H13F3O/c1-10-5-3-6-11(2)14(10)12-7-4-8-13(9-12)19-15(16,17)18/h3-9H,1-2H3. The summed E-state index contributed by atoms with van der Waals surface area (Å²) in [6.45, 7) is 3.86. The molecular weight excluding hydrogens is 253 g/mol. The van der Waals surface area contributed by atoms with E-state index in [4.69, 9.17) is 0 Å². The first-order valence-corrected chi connectivity index (χ1v) is 5.79. The van der Waals surface area contributed by atoms with Gasteiger partial charge in [-0.05, 0) is 48.2 Å². The summed E-state index contributed by atoms with van der Waals surface area (Å²) in [6, 6.07) is 11.8. The van der Waals surface area contributed by atoms with Gasteiger partial charge in [0.1, 0.15) is 5.75 Å². The Labute approximate surface area is 109 Å². The average Bonchev–Trinajstić information content (AvgIpc) is 2.26. The van der Waals surface area contributed by atoms with Gasteiger partial charge in [-0.25, -0.2) is 0 Å². The zero-order valence-corrected chi connectivity index (χ0v) is 10.6. The fourth-order valence-corrected chi connectivity index (χ4v) is 2.12. The van der Waals surface area contributed by atoms with E-state index in [-0.39, 0.29) is 5.75 Å². The molecule has 0 unspecified atom stereocenters. The third kappa shape index (κ3) is 3.28. The van der Waals surface area contributed by atoms with Crippen molar-refractivity contribution in [3.05, 3.63) is 53.6 Å². The summed E-state index contributed by atoms with van der Waals surface area (Å²) in [4.78, 5) is 0. The van der Waals surface area contributed by atoms with E-state index in [1.807, 2.05) is 32.0 Å². The first-order valence-electron chi connectivity index (χ1n) is 5.79. The lowest BCUT2D eigenvalue weighted by Gasteiger charge is -2.13. The summed E-state index contributed by atoms with van der Waals surface area (Å²) in [7, 11) is 0. The lowest BCUT2D eigenvalue weighted by Crippen LogP contribution is -2.17. The highest BCUT2D eigenvalue weighted by Gasteiger charge is 2.31. The third-order valence-corrected chi connectivity index (χ3v) is 2.84. The molecule has 0 N–H and O–H groups in total. The summed E-state index contributed by atoms with van der Waals surface area (Å²) in [5.74, 6) is -0.201. The molecule has 0 fully saturated rings. The van der Waals surface area contributed by atoms with E-state index in [2.05, 4.69) is 4.74 Å². The Bertz CT molecular complexity index is 568. The van der Waals surface area contributed by atoms with Crippen LogP contribution in [0.15, 0.2) is 42.5 Å². The van der Waals surface area contributed by atoms with Gasteiger partial charge in [0.25, 0.3) is 0 Å². The molecule has 100 valence electrons. The molecule has 0 amide bonds. The van der Waals surface area contributed by atoms with Crippen LogP contribution >= 0.6 is 0 Å². The molecule has 0 aromatic heterocycles. The highest BCUT2D eigenvalue weighted by molar-refractivity contribution is 5.71. The molecule has 0 aliphatic heterocycles. The minimum atomic E-state index is -4.67. The normalized spacial score (nSPS) is 11.4. The quantitative estimate of drug-likeness (QED) is 0.753. The maximum absolute atomic E-state index is 12.2. The Kier molecular flexibility index (Phi) is 3.51. The summed E-state index contributed by atoms with van der Waals surface area (Å²) in [5.41, 5.74) is 3.70. The second kappa shape index (κ2) is 4.96. The Balaban J connectivity index is 2.44. The second-order valence-corrected chi connectivity index (χ2v) is 4.34. The van der Waals surface area contributed by atoms with Gasteiger partial charge >= 0.3 is 6.36 Å². The Morgan fingerprint density at radius 1 is 0.895 bits per heavy atom. The van der Waals surface area contributed by atoms with Crippen molar-refractivity contribution in [1.82, 2.24) is 0 Å². The largest absolute Gasteiger partial charge is 0.573 e. The van der Waals surface area contributed by atoms with Gasteiger partial charge < -0.3 is 4.74 Å². The number of halogens is 3. The highest BCUT2D eigenvalue weighted by Crippen LogP contribution is 2.31. The molecule has 4 heteroatoms. The van der Waals surface area contributed by atoms with Crippen molar-refractivity contribution >= 4 is 0 Å². The van der Waals surface area contributed by atoms with Crippen LogP contribution in [-0.4, -0.2) is 6.36 Å². The number of hydrogen-bond acceptors (Lipinski definition) is 1. The molecule has 0 heterocycles. The predicted molar refractivity (Wildman–Crippen MR) is 68.0 cm³/mol. The predicted octanol–water partition coefficient (Wildman–Crippen LogP) is 4.87. The van der Waals surface area contributed by atoms with E-state index in [0.717, 1.165) is 22.3 Å². The maximum atomic E-state index is 12.2. The van der Waals surface area contributed by atoms with E-state index < -0.39 is 6.36 Å². The number of alkyl halides is 3. The van der Waals surface area contributed by atoms with Gasteiger partial charge in [-0.15, -0.1) is 13.2 Å². The molecule has 0 atom stereocenters. The summed E-state index contributed by atoms with van der Waals surface area (Å²) in [5, 5.41) is 0. The third-order valence-electron chi connectivity index (χ3n) is 2.84. The number of hydrogen-bond donors (Lipinski definition) is 0. The second-order valence-electron chi connectivity index (χ2n) is 4.34. The Hall–Kier alpha value is -1.97. The molecular formula is C15H13F3O. The van der Waals surface area contributed by atoms with E-state index in [0.29, 0.717) is 0 Å². The lowest BCUT2D eigenvalue weighted by atomic mass is 9.96. The number of ether oxygens (including phenoxy) is 1. The van der Waals surface area contributed by atoms with Gasteiger partial charge in [-0.1, -0.05) is 30.3 Å². The lowest BCUT2D eigenvalue weighted by molar-refractivity contribution is -0.274. The van der Waals surface area contributed by atoms with Gasteiger partial charge in [0.15, 0.2) is 0 Å². The number of rotatable bonds is 2. The molecule has 0 spiro atoms. The smallest absolute Gasteiger partial charge is 0.406 e. The van der Waals surface area contributed by atoms with E-state index in [9.17, 15) is 13.2 Å². The molecule has 1 nitrogen and oxygen atoms in total. The van der Waals surface area contributed by atoms with Gasteiger partial charge in [0, 0.05) is 0 Å². The zero-order chi connectivity index (χ0) is 14.0. The fraction of sp³-hybridized carbons (Fsp3) is 0.200. The van der Waals surface area contributed by atoms with E-state index >= 15 is 0 Å². The first-order chi connectivity index (χ1) is 8.87. The minimum absolute atomic E-state index is 0.201. The van der Waals surface area contributed by atoms with Gasteiger partial charge in [-0.2, -0.15) is 0 Å². The zero-order valence-electron chi connectivity index (χ0n) is 10.6. The van der Waals surface area contributed by atoms with Crippen molar-refractivity contribution in [1.29, 1.82) is 0 Å². The number of benzene rings is 2. The van der Waals surface area contributed by atoms with Crippen molar-refractivity contribution < 1.29 is 17.9 Å². The van der Waals surface area contributed by atoms with E-state index in [1.165, 1.54) is 12.1 Å². The molecule has 0 saturated heterocycles. The summed E-state index contributed by atoms with van der Waals surface area (Å²) < 4.78 is 40.6. The molecule has 2 rings (SSSR count). The molecule has 19 heavy (non-hydrogen) atoms. The van der Waals surface area contributed by atoms with E-state index in [1.54, 1.807) is 12.1 Å². The Morgan fingerprint density at radius 3 is 2.05 bits per heavy atom. The van der Waals surface area contributed by atoms with Gasteiger partial charge in [-0.3, -0.25) is 0 Å². The van der Waals surface area contributed by atoms with Crippen molar-refractivity contribution in [3.63, 3.8) is 0 Å².